The highest BCUT2D eigenvalue weighted by Crippen LogP contribution is 2.38. The van der Waals surface area contributed by atoms with E-state index in [4.69, 9.17) is 0 Å². The summed E-state index contributed by atoms with van der Waals surface area (Å²) in [4.78, 5) is 1.48. The molecule has 2 heteroatoms. The minimum atomic E-state index is 0.573. The van der Waals surface area contributed by atoms with Gasteiger partial charge in [0.25, 0.3) is 0 Å². The van der Waals surface area contributed by atoms with Gasteiger partial charge in [-0.15, -0.1) is 11.3 Å². The average molecular weight is 243 g/mol. The van der Waals surface area contributed by atoms with Gasteiger partial charge in [0, 0.05) is 16.8 Å². The van der Waals surface area contributed by atoms with E-state index in [1.165, 1.54) is 16.9 Å². The summed E-state index contributed by atoms with van der Waals surface area (Å²) >= 11 is 1.86. The van der Waals surface area contributed by atoms with Crippen LogP contribution in [0.15, 0.2) is 41.8 Å². The molecule has 0 fully saturated rings. The molecule has 2 aromatic rings. The molecule has 1 heterocycles. The van der Waals surface area contributed by atoms with Crippen LogP contribution in [0.1, 0.15) is 21.9 Å². The first-order chi connectivity index (χ1) is 8.38. The van der Waals surface area contributed by atoms with Crippen LogP contribution in [0.25, 0.3) is 0 Å². The van der Waals surface area contributed by atoms with Crippen molar-refractivity contribution in [2.45, 2.75) is 24.8 Å². The summed E-state index contributed by atoms with van der Waals surface area (Å²) in [6.07, 6.45) is 2.38. The molecule has 0 spiro atoms. The number of hydrogen-bond acceptors (Lipinski definition) is 2. The van der Waals surface area contributed by atoms with Gasteiger partial charge in [-0.2, -0.15) is 0 Å². The van der Waals surface area contributed by atoms with Crippen molar-refractivity contribution in [3.05, 3.63) is 57.8 Å². The number of thiophene rings is 1. The fourth-order valence-electron chi connectivity index (χ4n) is 2.75. The maximum absolute atomic E-state index is 3.49. The van der Waals surface area contributed by atoms with Gasteiger partial charge in [0.05, 0.1) is 0 Å². The van der Waals surface area contributed by atoms with Crippen LogP contribution in [0.3, 0.4) is 0 Å². The molecule has 1 aliphatic carbocycles. The third-order valence-electron chi connectivity index (χ3n) is 3.75. The Bertz CT molecular complexity index is 489. The Hall–Kier alpha value is -1.12. The maximum Gasteiger partial charge on any atom is 0.0184 e. The van der Waals surface area contributed by atoms with Crippen LogP contribution < -0.4 is 5.32 Å². The van der Waals surface area contributed by atoms with Crippen molar-refractivity contribution in [3.8, 4) is 0 Å². The van der Waals surface area contributed by atoms with E-state index in [9.17, 15) is 0 Å². The molecule has 2 unspecified atom stereocenters. The summed E-state index contributed by atoms with van der Waals surface area (Å²) < 4.78 is 0. The van der Waals surface area contributed by atoms with Gasteiger partial charge in [-0.1, -0.05) is 30.3 Å². The van der Waals surface area contributed by atoms with E-state index in [1.54, 1.807) is 5.56 Å². The van der Waals surface area contributed by atoms with Crippen molar-refractivity contribution in [2.75, 3.05) is 7.05 Å². The Morgan fingerprint density at radius 2 is 2.18 bits per heavy atom. The lowest BCUT2D eigenvalue weighted by Crippen LogP contribution is -2.39. The van der Waals surface area contributed by atoms with Crippen LogP contribution in [0, 0.1) is 0 Å². The molecule has 0 radical (unpaired) electrons. The molecule has 0 amide bonds. The highest BCUT2D eigenvalue weighted by atomic mass is 32.1. The molecule has 0 bridgehead atoms. The summed E-state index contributed by atoms with van der Waals surface area (Å²) in [7, 11) is 2.08. The molecular formula is C15H17NS. The maximum atomic E-state index is 3.49. The summed E-state index contributed by atoms with van der Waals surface area (Å²) in [6.45, 7) is 0. The van der Waals surface area contributed by atoms with Gasteiger partial charge in [-0.25, -0.2) is 0 Å². The Morgan fingerprint density at radius 1 is 1.29 bits per heavy atom. The second-order valence-electron chi connectivity index (χ2n) is 4.69. The van der Waals surface area contributed by atoms with E-state index in [1.807, 2.05) is 11.3 Å². The molecule has 0 aliphatic heterocycles. The van der Waals surface area contributed by atoms with E-state index in [0.29, 0.717) is 12.0 Å². The average Bonchev–Trinajstić information content (AvgIpc) is 2.82. The second-order valence-corrected chi connectivity index (χ2v) is 5.72. The molecule has 88 valence electrons. The minimum absolute atomic E-state index is 0.573. The molecule has 17 heavy (non-hydrogen) atoms. The van der Waals surface area contributed by atoms with E-state index >= 15 is 0 Å². The number of fused-ring (bicyclic) bond motifs is 1. The lowest BCUT2D eigenvalue weighted by Gasteiger charge is -2.36. The zero-order valence-electron chi connectivity index (χ0n) is 10.0. The molecule has 2 atom stereocenters. The Morgan fingerprint density at radius 3 is 2.88 bits per heavy atom. The number of rotatable bonds is 4. The van der Waals surface area contributed by atoms with Crippen molar-refractivity contribution < 1.29 is 0 Å². The van der Waals surface area contributed by atoms with Crippen molar-refractivity contribution in [2.24, 2.45) is 0 Å². The zero-order chi connectivity index (χ0) is 11.7. The fourth-order valence-corrected chi connectivity index (χ4v) is 3.51. The summed E-state index contributed by atoms with van der Waals surface area (Å²) in [5, 5.41) is 5.65. The summed E-state index contributed by atoms with van der Waals surface area (Å²) in [6, 6.07) is 13.8. The number of hydrogen-bond donors (Lipinski definition) is 1. The minimum Gasteiger partial charge on any atom is -0.316 e. The molecule has 1 aromatic carbocycles. The molecule has 1 aliphatic rings. The van der Waals surface area contributed by atoms with Gasteiger partial charge in [0.1, 0.15) is 0 Å². The van der Waals surface area contributed by atoms with Crippen LogP contribution in [-0.2, 0) is 12.8 Å². The number of likely N-dealkylation sites (N-methyl/N-ethyl adjacent to an activating group) is 1. The summed E-state index contributed by atoms with van der Waals surface area (Å²) in [5.74, 6) is 0.693. The van der Waals surface area contributed by atoms with Crippen LogP contribution in [0.4, 0.5) is 0 Å². The fraction of sp³-hybridized carbons (Fsp3) is 0.333. The van der Waals surface area contributed by atoms with Crippen LogP contribution in [0.2, 0.25) is 0 Å². The van der Waals surface area contributed by atoms with Crippen LogP contribution in [-0.4, -0.2) is 13.1 Å². The second kappa shape index (κ2) is 4.63. The molecular weight excluding hydrogens is 226 g/mol. The standard InChI is InChI=1S/C15H17NS/c1-16-15(10-12-6-4-8-17-12)14-9-11-5-2-3-7-13(11)14/h2-8,14-16H,9-10H2,1H3. The first kappa shape index (κ1) is 11.0. The Kier molecular flexibility index (Phi) is 3.00. The first-order valence-corrected chi connectivity index (χ1v) is 7.04. The summed E-state index contributed by atoms with van der Waals surface area (Å²) in [5.41, 5.74) is 3.08. The number of benzene rings is 1. The van der Waals surface area contributed by atoms with E-state index in [0.717, 1.165) is 6.42 Å². The van der Waals surface area contributed by atoms with Gasteiger partial charge in [-0.05, 0) is 42.5 Å². The zero-order valence-corrected chi connectivity index (χ0v) is 10.8. The van der Waals surface area contributed by atoms with Crippen molar-refractivity contribution in [1.82, 2.24) is 5.32 Å². The topological polar surface area (TPSA) is 12.0 Å². The molecule has 0 saturated carbocycles. The first-order valence-electron chi connectivity index (χ1n) is 6.16. The predicted molar refractivity (Wildman–Crippen MR) is 73.8 cm³/mol. The molecule has 3 rings (SSSR count). The van der Waals surface area contributed by atoms with E-state index in [-0.39, 0.29) is 0 Å². The van der Waals surface area contributed by atoms with Crippen LogP contribution >= 0.6 is 11.3 Å². The van der Waals surface area contributed by atoms with Gasteiger partial charge >= 0.3 is 0 Å². The third kappa shape index (κ3) is 2.03. The van der Waals surface area contributed by atoms with Gasteiger partial charge < -0.3 is 5.32 Å². The lowest BCUT2D eigenvalue weighted by atomic mass is 9.72. The Labute approximate surface area is 106 Å². The van der Waals surface area contributed by atoms with Crippen molar-refractivity contribution in [1.29, 1.82) is 0 Å². The monoisotopic (exact) mass is 243 g/mol. The Balaban J connectivity index is 1.76. The highest BCUT2D eigenvalue weighted by Gasteiger charge is 2.31. The highest BCUT2D eigenvalue weighted by molar-refractivity contribution is 7.09. The van der Waals surface area contributed by atoms with Gasteiger partial charge in [0.2, 0.25) is 0 Å². The van der Waals surface area contributed by atoms with Gasteiger partial charge in [-0.3, -0.25) is 0 Å². The van der Waals surface area contributed by atoms with Crippen molar-refractivity contribution >= 4 is 11.3 Å². The normalized spacial score (nSPS) is 19.5. The predicted octanol–water partition coefficient (Wildman–Crippen LogP) is 3.22. The molecule has 1 aromatic heterocycles. The molecule has 0 saturated heterocycles. The van der Waals surface area contributed by atoms with E-state index in [2.05, 4.69) is 54.1 Å². The molecule has 1 N–H and O–H groups in total. The smallest absolute Gasteiger partial charge is 0.0184 e. The quantitative estimate of drug-likeness (QED) is 0.869. The van der Waals surface area contributed by atoms with Crippen LogP contribution in [0.5, 0.6) is 0 Å². The number of nitrogens with one attached hydrogen (secondary N) is 1. The third-order valence-corrected chi connectivity index (χ3v) is 4.65. The lowest BCUT2D eigenvalue weighted by molar-refractivity contribution is 0.424. The largest absolute Gasteiger partial charge is 0.316 e. The SMILES string of the molecule is CNC(Cc1cccs1)C1Cc2ccccc21. The van der Waals surface area contributed by atoms with Gasteiger partial charge in [0.15, 0.2) is 0 Å². The molecule has 1 nitrogen and oxygen atoms in total. The van der Waals surface area contributed by atoms with E-state index < -0.39 is 0 Å². The van der Waals surface area contributed by atoms with Crippen molar-refractivity contribution in [3.63, 3.8) is 0 Å².